The van der Waals surface area contributed by atoms with Gasteiger partial charge in [-0.3, -0.25) is 0 Å². The Kier molecular flexibility index (Phi) is 8.38. The van der Waals surface area contributed by atoms with Gasteiger partial charge in [0, 0.05) is 5.56 Å². The van der Waals surface area contributed by atoms with E-state index in [0.717, 1.165) is 37.5 Å². The second kappa shape index (κ2) is 11.5. The van der Waals surface area contributed by atoms with Crippen LogP contribution in [0.3, 0.4) is 0 Å². The van der Waals surface area contributed by atoms with Crippen molar-refractivity contribution in [2.75, 3.05) is 0 Å². The monoisotopic (exact) mass is 478 g/mol. The van der Waals surface area contributed by atoms with Gasteiger partial charge in [0.2, 0.25) is 0 Å². The van der Waals surface area contributed by atoms with Crippen LogP contribution in [0.4, 0.5) is 17.6 Å². The minimum absolute atomic E-state index is 0.0155. The minimum atomic E-state index is -2.92. The first kappa shape index (κ1) is 24.9. The summed E-state index contributed by atoms with van der Waals surface area (Å²) in [5, 5.41) is 0. The molecule has 34 heavy (non-hydrogen) atoms. The third-order valence-electron chi connectivity index (χ3n) is 7.80. The van der Waals surface area contributed by atoms with Crippen LogP contribution in [0.2, 0.25) is 0 Å². The molecule has 2 saturated carbocycles. The maximum atomic E-state index is 15.3. The number of rotatable bonds is 8. The van der Waals surface area contributed by atoms with Gasteiger partial charge in [-0.25, -0.2) is 8.78 Å². The van der Waals surface area contributed by atoms with Crippen molar-refractivity contribution in [3.8, 4) is 17.2 Å². The molecule has 4 rings (SSSR count). The highest BCUT2D eigenvalue weighted by molar-refractivity contribution is 5.39. The van der Waals surface area contributed by atoms with Crippen molar-refractivity contribution in [2.45, 2.75) is 83.7 Å². The summed E-state index contributed by atoms with van der Waals surface area (Å²) >= 11 is 0. The van der Waals surface area contributed by atoms with Crippen LogP contribution in [0, 0.1) is 29.4 Å². The van der Waals surface area contributed by atoms with Crippen molar-refractivity contribution in [3.05, 3.63) is 53.6 Å². The Bertz CT molecular complexity index is 915. The van der Waals surface area contributed by atoms with E-state index in [9.17, 15) is 13.2 Å². The fraction of sp³-hybridized carbons (Fsp3) is 0.571. The largest absolute Gasteiger partial charge is 0.454 e. The van der Waals surface area contributed by atoms with E-state index < -0.39 is 18.2 Å². The molecule has 0 unspecified atom stereocenters. The van der Waals surface area contributed by atoms with Crippen LogP contribution in [0.1, 0.15) is 82.6 Å². The number of benzene rings is 2. The van der Waals surface area contributed by atoms with Gasteiger partial charge < -0.3 is 9.47 Å². The van der Waals surface area contributed by atoms with Gasteiger partial charge in [0.25, 0.3) is 0 Å². The lowest BCUT2D eigenvalue weighted by molar-refractivity contribution is -0.0498. The molecule has 0 aliphatic heterocycles. The third kappa shape index (κ3) is 6.05. The van der Waals surface area contributed by atoms with Gasteiger partial charge in [0.1, 0.15) is 17.3 Å². The third-order valence-corrected chi connectivity index (χ3v) is 7.80. The molecule has 6 heteroatoms. The fourth-order valence-corrected chi connectivity index (χ4v) is 6.05. The summed E-state index contributed by atoms with van der Waals surface area (Å²) < 4.78 is 64.6. The highest BCUT2D eigenvalue weighted by Gasteiger charge is 2.33. The average molecular weight is 479 g/mol. The van der Waals surface area contributed by atoms with E-state index in [1.165, 1.54) is 74.9 Å². The lowest BCUT2D eigenvalue weighted by atomic mass is 9.68. The lowest BCUT2D eigenvalue weighted by Crippen LogP contribution is -2.26. The lowest BCUT2D eigenvalue weighted by Gasteiger charge is -2.38. The molecular formula is C28H34F4O2. The highest BCUT2D eigenvalue weighted by Crippen LogP contribution is 2.46. The van der Waals surface area contributed by atoms with Crippen molar-refractivity contribution in [2.24, 2.45) is 17.8 Å². The molecule has 0 amide bonds. The molecule has 0 heterocycles. The molecule has 2 aliphatic rings. The molecule has 0 saturated heterocycles. The first-order valence-electron chi connectivity index (χ1n) is 12.6. The molecule has 0 atom stereocenters. The molecule has 186 valence electrons. The molecule has 0 spiro atoms. The van der Waals surface area contributed by atoms with Crippen LogP contribution < -0.4 is 9.47 Å². The normalized spacial score (nSPS) is 25.4. The molecule has 2 nitrogen and oxygen atoms in total. The zero-order chi connectivity index (χ0) is 24.1. The zero-order valence-corrected chi connectivity index (χ0v) is 19.8. The van der Waals surface area contributed by atoms with Crippen LogP contribution in [-0.2, 0) is 0 Å². The van der Waals surface area contributed by atoms with E-state index in [0.29, 0.717) is 5.92 Å². The van der Waals surface area contributed by atoms with E-state index in [4.69, 9.17) is 4.74 Å². The van der Waals surface area contributed by atoms with Gasteiger partial charge in [0.15, 0.2) is 11.6 Å². The Balaban J connectivity index is 1.38. The summed E-state index contributed by atoms with van der Waals surface area (Å²) in [6.07, 6.45) is 11.5. The van der Waals surface area contributed by atoms with Crippen LogP contribution in [-0.4, -0.2) is 6.61 Å². The summed E-state index contributed by atoms with van der Waals surface area (Å²) in [5.74, 6) is 1.14. The van der Waals surface area contributed by atoms with Crippen LogP contribution in [0.15, 0.2) is 36.4 Å². The minimum Gasteiger partial charge on any atom is -0.454 e. The smallest absolute Gasteiger partial charge is 0.387 e. The van der Waals surface area contributed by atoms with Crippen LogP contribution >= 0.6 is 0 Å². The molecule has 2 aliphatic carbocycles. The van der Waals surface area contributed by atoms with Crippen LogP contribution in [0.25, 0.3) is 0 Å². The van der Waals surface area contributed by atoms with Crippen molar-refractivity contribution in [1.82, 2.24) is 0 Å². The molecule has 2 aromatic carbocycles. The Morgan fingerprint density at radius 2 is 1.38 bits per heavy atom. The number of halogens is 4. The topological polar surface area (TPSA) is 18.5 Å². The Morgan fingerprint density at radius 1 is 0.794 bits per heavy atom. The van der Waals surface area contributed by atoms with Gasteiger partial charge in [-0.15, -0.1) is 0 Å². The van der Waals surface area contributed by atoms with E-state index in [1.807, 2.05) is 0 Å². The molecule has 2 fully saturated rings. The van der Waals surface area contributed by atoms with Gasteiger partial charge >= 0.3 is 6.61 Å². The van der Waals surface area contributed by atoms with Crippen molar-refractivity contribution in [1.29, 1.82) is 0 Å². The SMILES string of the molecule is CCCC1CCC(C2CCC(c3c(F)ccc(Oc4ccc(OC(F)F)cc4)c3F)CC2)CC1. The number of hydrogen-bond acceptors (Lipinski definition) is 2. The Morgan fingerprint density at radius 3 is 1.97 bits per heavy atom. The van der Waals surface area contributed by atoms with E-state index in [1.54, 1.807) is 0 Å². The summed E-state index contributed by atoms with van der Waals surface area (Å²) in [5.41, 5.74) is 0.111. The molecule has 0 bridgehead atoms. The van der Waals surface area contributed by atoms with Crippen molar-refractivity contribution in [3.63, 3.8) is 0 Å². The quantitative estimate of drug-likeness (QED) is 0.352. The zero-order valence-electron chi connectivity index (χ0n) is 19.8. The molecule has 0 aromatic heterocycles. The van der Waals surface area contributed by atoms with Crippen molar-refractivity contribution < 1.29 is 27.0 Å². The average Bonchev–Trinajstić information content (AvgIpc) is 2.83. The number of alkyl halides is 2. The van der Waals surface area contributed by atoms with E-state index >= 15 is 4.39 Å². The Hall–Kier alpha value is -2.24. The second-order valence-corrected chi connectivity index (χ2v) is 9.91. The van der Waals surface area contributed by atoms with Gasteiger partial charge in [-0.1, -0.05) is 32.6 Å². The highest BCUT2D eigenvalue weighted by atomic mass is 19.3. The van der Waals surface area contributed by atoms with Crippen LogP contribution in [0.5, 0.6) is 17.2 Å². The first-order valence-corrected chi connectivity index (χ1v) is 12.6. The molecule has 0 radical (unpaired) electrons. The van der Waals surface area contributed by atoms with Gasteiger partial charge in [0.05, 0.1) is 0 Å². The number of ether oxygens (including phenoxy) is 2. The summed E-state index contributed by atoms with van der Waals surface area (Å²) in [6.45, 7) is -0.664. The molecule has 0 N–H and O–H groups in total. The summed E-state index contributed by atoms with van der Waals surface area (Å²) in [6, 6.07) is 8.00. The van der Waals surface area contributed by atoms with Crippen molar-refractivity contribution >= 4 is 0 Å². The summed E-state index contributed by atoms with van der Waals surface area (Å²) in [4.78, 5) is 0. The van der Waals surface area contributed by atoms with E-state index in [-0.39, 0.29) is 28.7 Å². The second-order valence-electron chi connectivity index (χ2n) is 9.91. The Labute approximate surface area is 199 Å². The number of hydrogen-bond donors (Lipinski definition) is 0. The van der Waals surface area contributed by atoms with Gasteiger partial charge in [-0.05, 0) is 98.6 Å². The first-order chi connectivity index (χ1) is 16.4. The predicted molar refractivity (Wildman–Crippen MR) is 125 cm³/mol. The standard InChI is InChI=1S/C28H34F4O2/c1-2-3-18-4-6-19(7-5-18)20-8-10-21(11-9-20)26-24(29)16-17-25(27(26)30)33-22-12-14-23(15-13-22)34-28(31)32/h12-21,28H,2-11H2,1H3. The molecular weight excluding hydrogens is 444 g/mol. The van der Waals surface area contributed by atoms with E-state index in [2.05, 4.69) is 11.7 Å². The summed E-state index contributed by atoms with van der Waals surface area (Å²) in [7, 11) is 0. The molecule has 2 aromatic rings. The van der Waals surface area contributed by atoms with Gasteiger partial charge in [-0.2, -0.15) is 8.78 Å². The maximum Gasteiger partial charge on any atom is 0.387 e. The fourth-order valence-electron chi connectivity index (χ4n) is 6.05. The predicted octanol–water partition coefficient (Wildman–Crippen LogP) is 9.24. The maximum absolute atomic E-state index is 15.3.